The maximum atomic E-state index is 12.5. The highest BCUT2D eigenvalue weighted by Crippen LogP contribution is 2.38. The lowest BCUT2D eigenvalue weighted by Crippen LogP contribution is -2.45. The predicted molar refractivity (Wildman–Crippen MR) is 69.6 cm³/mol. The molecular formula is C14H23NO4. The Kier molecular flexibility index (Phi) is 4.45. The molecule has 1 heterocycles. The zero-order valence-corrected chi connectivity index (χ0v) is 11.7. The van der Waals surface area contributed by atoms with Gasteiger partial charge < -0.3 is 14.7 Å². The highest BCUT2D eigenvalue weighted by atomic mass is 16.5. The molecule has 2 rings (SSSR count). The van der Waals surface area contributed by atoms with Crippen molar-refractivity contribution in [2.24, 2.45) is 17.8 Å². The number of hydrogen-bond donors (Lipinski definition) is 1. The van der Waals surface area contributed by atoms with Gasteiger partial charge in [0.2, 0.25) is 5.91 Å². The third kappa shape index (κ3) is 3.08. The van der Waals surface area contributed by atoms with Crippen molar-refractivity contribution in [3.8, 4) is 0 Å². The summed E-state index contributed by atoms with van der Waals surface area (Å²) >= 11 is 0. The second-order valence-electron chi connectivity index (χ2n) is 5.89. The molecule has 1 N–H and O–H groups in total. The summed E-state index contributed by atoms with van der Waals surface area (Å²) in [5, 5.41) is 9.24. The van der Waals surface area contributed by atoms with E-state index in [1.54, 1.807) is 7.11 Å². The molecule has 0 aromatic carbocycles. The van der Waals surface area contributed by atoms with Crippen molar-refractivity contribution in [2.75, 3.05) is 20.2 Å². The van der Waals surface area contributed by atoms with Crippen molar-refractivity contribution < 1.29 is 19.4 Å². The van der Waals surface area contributed by atoms with Crippen LogP contribution in [0.3, 0.4) is 0 Å². The number of rotatable bonds is 3. The number of amides is 1. The normalized spacial score (nSPS) is 32.5. The van der Waals surface area contributed by atoms with E-state index in [-0.39, 0.29) is 17.9 Å². The van der Waals surface area contributed by atoms with Crippen LogP contribution in [0.1, 0.15) is 32.6 Å². The molecule has 0 radical (unpaired) electrons. The number of carbonyl (C=O) groups is 2. The van der Waals surface area contributed by atoms with Gasteiger partial charge >= 0.3 is 5.97 Å². The lowest BCUT2D eigenvalue weighted by Gasteiger charge is -2.33. The van der Waals surface area contributed by atoms with E-state index in [0.29, 0.717) is 31.8 Å². The van der Waals surface area contributed by atoms with E-state index in [1.807, 2.05) is 11.8 Å². The minimum Gasteiger partial charge on any atom is -0.481 e. The number of aliphatic carboxylic acids is 1. The van der Waals surface area contributed by atoms with Gasteiger partial charge in [0, 0.05) is 20.2 Å². The molecule has 0 bridgehead atoms. The standard InChI is InChI=1S/C14H23NO4/c1-9-7-11(12(8-9)14(17)18)13(16)15-5-3-10(19-2)4-6-15/h9-12H,3-8H2,1-2H3,(H,17,18)/t9?,11-,12+/m0/s1. The number of carbonyl (C=O) groups excluding carboxylic acids is 1. The third-order valence-electron chi connectivity index (χ3n) is 4.52. The molecule has 2 aliphatic rings. The Morgan fingerprint density at radius 2 is 1.74 bits per heavy atom. The first-order valence-corrected chi connectivity index (χ1v) is 7.07. The quantitative estimate of drug-likeness (QED) is 0.840. The van der Waals surface area contributed by atoms with E-state index in [0.717, 1.165) is 12.8 Å². The fourth-order valence-corrected chi connectivity index (χ4v) is 3.38. The van der Waals surface area contributed by atoms with E-state index in [9.17, 15) is 14.7 Å². The van der Waals surface area contributed by atoms with Crippen molar-refractivity contribution in [2.45, 2.75) is 38.7 Å². The molecular weight excluding hydrogens is 246 g/mol. The molecule has 1 saturated carbocycles. The number of piperidine rings is 1. The lowest BCUT2D eigenvalue weighted by molar-refractivity contribution is -0.150. The molecule has 1 saturated heterocycles. The van der Waals surface area contributed by atoms with Crippen LogP contribution in [-0.4, -0.2) is 48.2 Å². The van der Waals surface area contributed by atoms with Crippen LogP contribution in [0.15, 0.2) is 0 Å². The summed E-state index contributed by atoms with van der Waals surface area (Å²) in [5.74, 6) is -1.29. The molecule has 19 heavy (non-hydrogen) atoms. The summed E-state index contributed by atoms with van der Waals surface area (Å²) in [6.45, 7) is 3.41. The molecule has 2 fully saturated rings. The molecule has 0 spiro atoms. The second-order valence-corrected chi connectivity index (χ2v) is 5.89. The average molecular weight is 269 g/mol. The summed E-state index contributed by atoms with van der Waals surface area (Å²) in [4.78, 5) is 25.6. The topological polar surface area (TPSA) is 66.8 Å². The highest BCUT2D eigenvalue weighted by molar-refractivity contribution is 5.85. The molecule has 1 aliphatic heterocycles. The van der Waals surface area contributed by atoms with Crippen LogP contribution < -0.4 is 0 Å². The third-order valence-corrected chi connectivity index (χ3v) is 4.52. The number of ether oxygens (including phenoxy) is 1. The second kappa shape index (κ2) is 5.90. The summed E-state index contributed by atoms with van der Waals surface area (Å²) in [5.41, 5.74) is 0. The van der Waals surface area contributed by atoms with E-state index in [2.05, 4.69) is 0 Å². The molecule has 3 atom stereocenters. The number of nitrogens with zero attached hydrogens (tertiary/aromatic N) is 1. The number of hydrogen-bond acceptors (Lipinski definition) is 3. The largest absolute Gasteiger partial charge is 0.481 e. The van der Waals surface area contributed by atoms with Crippen LogP contribution in [0.2, 0.25) is 0 Å². The maximum absolute atomic E-state index is 12.5. The van der Waals surface area contributed by atoms with Gasteiger partial charge in [0.05, 0.1) is 17.9 Å². The smallest absolute Gasteiger partial charge is 0.307 e. The summed E-state index contributed by atoms with van der Waals surface area (Å²) in [6.07, 6.45) is 3.27. The van der Waals surface area contributed by atoms with Crippen LogP contribution >= 0.6 is 0 Å². The fraction of sp³-hybridized carbons (Fsp3) is 0.857. The van der Waals surface area contributed by atoms with Gasteiger partial charge in [0.1, 0.15) is 0 Å². The van der Waals surface area contributed by atoms with Gasteiger partial charge in [0.25, 0.3) is 0 Å². The lowest BCUT2D eigenvalue weighted by atomic mass is 9.93. The minimum absolute atomic E-state index is 0.0336. The van der Waals surface area contributed by atoms with Gasteiger partial charge in [0.15, 0.2) is 0 Å². The van der Waals surface area contributed by atoms with Gasteiger partial charge in [-0.1, -0.05) is 6.92 Å². The van der Waals surface area contributed by atoms with Gasteiger partial charge in [-0.2, -0.15) is 0 Å². The first-order chi connectivity index (χ1) is 9.02. The number of methoxy groups -OCH3 is 1. The average Bonchev–Trinajstić information content (AvgIpc) is 2.80. The van der Waals surface area contributed by atoms with Crippen molar-refractivity contribution in [3.63, 3.8) is 0 Å². The van der Waals surface area contributed by atoms with Gasteiger partial charge in [-0.15, -0.1) is 0 Å². The molecule has 1 unspecified atom stereocenters. The number of carboxylic acid groups (broad SMARTS) is 1. The Bertz CT molecular complexity index is 349. The predicted octanol–water partition coefficient (Wildman–Crippen LogP) is 1.37. The molecule has 0 aromatic rings. The summed E-state index contributed by atoms with van der Waals surface area (Å²) < 4.78 is 5.29. The van der Waals surface area contributed by atoms with E-state index in [4.69, 9.17) is 4.74 Å². The Morgan fingerprint density at radius 3 is 2.26 bits per heavy atom. The minimum atomic E-state index is -0.825. The van der Waals surface area contributed by atoms with Crippen LogP contribution in [0.4, 0.5) is 0 Å². The Labute approximate surface area is 113 Å². The molecule has 1 aliphatic carbocycles. The highest BCUT2D eigenvalue weighted by Gasteiger charge is 2.43. The monoisotopic (exact) mass is 269 g/mol. The van der Waals surface area contributed by atoms with Crippen molar-refractivity contribution in [3.05, 3.63) is 0 Å². The maximum Gasteiger partial charge on any atom is 0.307 e. The van der Waals surface area contributed by atoms with Crippen LogP contribution in [0.25, 0.3) is 0 Å². The van der Waals surface area contributed by atoms with Crippen LogP contribution in [0.5, 0.6) is 0 Å². The Morgan fingerprint density at radius 1 is 1.16 bits per heavy atom. The van der Waals surface area contributed by atoms with Crippen LogP contribution in [0, 0.1) is 17.8 Å². The zero-order chi connectivity index (χ0) is 14.0. The first-order valence-electron chi connectivity index (χ1n) is 7.07. The van der Waals surface area contributed by atoms with Crippen molar-refractivity contribution >= 4 is 11.9 Å². The zero-order valence-electron chi connectivity index (χ0n) is 11.7. The fourth-order valence-electron chi connectivity index (χ4n) is 3.38. The Balaban J connectivity index is 1.97. The van der Waals surface area contributed by atoms with Crippen molar-refractivity contribution in [1.82, 2.24) is 4.90 Å². The van der Waals surface area contributed by atoms with E-state index >= 15 is 0 Å². The number of likely N-dealkylation sites (tertiary alicyclic amines) is 1. The first kappa shape index (κ1) is 14.3. The Hall–Kier alpha value is -1.10. The van der Waals surface area contributed by atoms with Crippen molar-refractivity contribution in [1.29, 1.82) is 0 Å². The summed E-state index contributed by atoms with van der Waals surface area (Å²) in [7, 11) is 1.70. The number of carboxylic acids is 1. The van der Waals surface area contributed by atoms with E-state index < -0.39 is 11.9 Å². The van der Waals surface area contributed by atoms with Crippen LogP contribution in [-0.2, 0) is 14.3 Å². The molecule has 5 heteroatoms. The van der Waals surface area contributed by atoms with Gasteiger partial charge in [-0.25, -0.2) is 0 Å². The van der Waals surface area contributed by atoms with Gasteiger partial charge in [-0.3, -0.25) is 9.59 Å². The van der Waals surface area contributed by atoms with Gasteiger partial charge in [-0.05, 0) is 31.6 Å². The molecule has 108 valence electrons. The SMILES string of the molecule is COC1CCN(C(=O)[C@H]2CC(C)C[C@H]2C(=O)O)CC1. The molecule has 0 aromatic heterocycles. The summed E-state index contributed by atoms with van der Waals surface area (Å²) in [6, 6.07) is 0. The molecule has 5 nitrogen and oxygen atoms in total. The molecule has 1 amide bonds. The van der Waals surface area contributed by atoms with E-state index in [1.165, 1.54) is 0 Å².